The molecule has 3 aromatic rings. The summed E-state index contributed by atoms with van der Waals surface area (Å²) in [4.78, 5) is 68.4. The molecule has 0 saturated carbocycles. The van der Waals surface area contributed by atoms with Crippen molar-refractivity contribution >= 4 is 69.2 Å². The normalized spacial score (nSPS) is 15.5. The molecule has 5 N–H and O–H groups in total. The Morgan fingerprint density at radius 1 is 0.863 bits per heavy atom. The van der Waals surface area contributed by atoms with Crippen molar-refractivity contribution in [3.63, 3.8) is 0 Å². The highest BCUT2D eigenvalue weighted by Crippen LogP contribution is 2.30. The molecule has 270 valence electrons. The number of nitrogens with zero attached hydrogens (tertiary/aromatic N) is 1. The van der Waals surface area contributed by atoms with Crippen molar-refractivity contribution in [2.45, 2.75) is 51.0 Å². The number of carbonyl (C=O) groups is 5. The predicted molar refractivity (Wildman–Crippen MR) is 190 cm³/mol. The molecule has 0 bridgehead atoms. The molecule has 51 heavy (non-hydrogen) atoms. The van der Waals surface area contributed by atoms with Gasteiger partial charge in [-0.3, -0.25) is 39.0 Å². The summed E-state index contributed by atoms with van der Waals surface area (Å²) >= 11 is 1.91. The van der Waals surface area contributed by atoms with Gasteiger partial charge in [0.05, 0.1) is 34.7 Å². The van der Waals surface area contributed by atoms with Crippen LogP contribution in [0, 0.1) is 21.0 Å². The van der Waals surface area contributed by atoms with Crippen molar-refractivity contribution in [2.75, 3.05) is 36.9 Å². The summed E-state index contributed by atoms with van der Waals surface area (Å²) in [5.74, 6) is -6.17. The van der Waals surface area contributed by atoms with Crippen LogP contribution >= 0.6 is 22.6 Å². The standard InChI is InChI=1S/C35H36F3IN6O6/c36-25-10-9-23(31(30(25)38)42-27-11-6-20(39)18-26(27)37)32(47)44-51-17-5-15-40-14-3-1-2-4-16-41-21-7-8-22-24(19-21)35(50)45(34(22)49)28-12-13-29(46)43-33(28)48/h6-11,18-19,28,40-42H,1-5,12-17H2,(H,44,47)(H,43,46,48). The average Bonchev–Trinajstić information content (AvgIpc) is 3.34. The number of rotatable bonds is 17. The fraction of sp³-hybridized carbons (Fsp3) is 0.343. The SMILES string of the molecule is O=C1CCC(N2C(=O)c3ccc(NCCCCCCNCCCONC(=O)c4ccc(F)c(F)c4Nc4ccc(I)cc4F)cc3C2=O)C(=O)N1. The van der Waals surface area contributed by atoms with Gasteiger partial charge in [0.25, 0.3) is 17.7 Å². The van der Waals surface area contributed by atoms with E-state index in [9.17, 15) is 37.1 Å². The number of benzene rings is 3. The van der Waals surface area contributed by atoms with Gasteiger partial charge in [0.1, 0.15) is 11.9 Å². The van der Waals surface area contributed by atoms with Gasteiger partial charge < -0.3 is 16.0 Å². The highest BCUT2D eigenvalue weighted by Gasteiger charge is 2.44. The zero-order chi connectivity index (χ0) is 36.5. The van der Waals surface area contributed by atoms with E-state index in [0.717, 1.165) is 49.3 Å². The maximum atomic E-state index is 14.6. The maximum absolute atomic E-state index is 14.6. The van der Waals surface area contributed by atoms with E-state index in [0.29, 0.717) is 28.8 Å². The number of fused-ring (bicyclic) bond motifs is 1. The lowest BCUT2D eigenvalue weighted by molar-refractivity contribution is -0.136. The number of unbranched alkanes of at least 4 members (excludes halogenated alkanes) is 3. The molecular weight excluding hydrogens is 784 g/mol. The zero-order valence-electron chi connectivity index (χ0n) is 27.4. The lowest BCUT2D eigenvalue weighted by Crippen LogP contribution is -2.54. The monoisotopic (exact) mass is 820 g/mol. The highest BCUT2D eigenvalue weighted by molar-refractivity contribution is 14.1. The first-order valence-corrected chi connectivity index (χ1v) is 17.6. The number of piperidine rings is 1. The van der Waals surface area contributed by atoms with Crippen LogP contribution in [0.3, 0.4) is 0 Å². The van der Waals surface area contributed by atoms with E-state index in [1.807, 2.05) is 22.6 Å². The summed E-state index contributed by atoms with van der Waals surface area (Å²) in [5.41, 5.74) is 2.50. The molecule has 2 heterocycles. The van der Waals surface area contributed by atoms with E-state index in [4.69, 9.17) is 4.84 Å². The van der Waals surface area contributed by atoms with Crippen LogP contribution < -0.4 is 26.7 Å². The number of imide groups is 2. The largest absolute Gasteiger partial charge is 0.385 e. The molecule has 5 rings (SSSR count). The number of hydroxylamine groups is 1. The summed E-state index contributed by atoms with van der Waals surface area (Å²) in [6.07, 6.45) is 4.51. The summed E-state index contributed by atoms with van der Waals surface area (Å²) in [7, 11) is 0. The van der Waals surface area contributed by atoms with Crippen LogP contribution in [-0.4, -0.2) is 66.7 Å². The molecule has 1 unspecified atom stereocenters. The third-order valence-electron chi connectivity index (χ3n) is 8.34. The Hall–Kier alpha value is -4.55. The van der Waals surface area contributed by atoms with E-state index in [-0.39, 0.29) is 41.8 Å². The predicted octanol–water partition coefficient (Wildman–Crippen LogP) is 5.17. The number of hydrogen-bond acceptors (Lipinski definition) is 9. The van der Waals surface area contributed by atoms with E-state index in [2.05, 4.69) is 26.7 Å². The van der Waals surface area contributed by atoms with Gasteiger partial charge in [0.2, 0.25) is 11.8 Å². The van der Waals surface area contributed by atoms with Crippen LogP contribution in [-0.2, 0) is 14.4 Å². The Labute approximate surface area is 305 Å². The van der Waals surface area contributed by atoms with Gasteiger partial charge in [0, 0.05) is 22.2 Å². The van der Waals surface area contributed by atoms with Gasteiger partial charge in [-0.05, 0) is 110 Å². The second-order valence-corrected chi connectivity index (χ2v) is 13.2. The van der Waals surface area contributed by atoms with E-state index >= 15 is 0 Å². The van der Waals surface area contributed by atoms with E-state index in [1.54, 1.807) is 24.3 Å². The number of hydrogen-bond donors (Lipinski definition) is 5. The average molecular weight is 821 g/mol. The van der Waals surface area contributed by atoms with Crippen LogP contribution in [0.2, 0.25) is 0 Å². The molecule has 0 radical (unpaired) electrons. The molecule has 0 aliphatic carbocycles. The maximum Gasteiger partial charge on any atom is 0.277 e. The van der Waals surface area contributed by atoms with Gasteiger partial charge in [0.15, 0.2) is 11.6 Å². The number of anilines is 3. The van der Waals surface area contributed by atoms with Gasteiger partial charge in [-0.1, -0.05) is 12.8 Å². The third kappa shape index (κ3) is 9.42. The van der Waals surface area contributed by atoms with Crippen LogP contribution in [0.5, 0.6) is 0 Å². The Morgan fingerprint density at radius 2 is 1.61 bits per heavy atom. The Balaban J connectivity index is 0.930. The number of halogens is 4. The molecule has 2 aliphatic rings. The van der Waals surface area contributed by atoms with Crippen molar-refractivity contribution in [3.05, 3.63) is 86.2 Å². The number of carbonyl (C=O) groups excluding carboxylic acids is 5. The molecule has 2 aliphatic heterocycles. The van der Waals surface area contributed by atoms with Crippen LogP contribution in [0.15, 0.2) is 48.5 Å². The Morgan fingerprint density at radius 3 is 2.37 bits per heavy atom. The Kier molecular flexibility index (Phi) is 13.0. The highest BCUT2D eigenvalue weighted by atomic mass is 127. The van der Waals surface area contributed by atoms with Crippen LogP contribution in [0.25, 0.3) is 0 Å². The molecule has 0 aromatic heterocycles. The Bertz CT molecular complexity index is 1830. The van der Waals surface area contributed by atoms with E-state index in [1.165, 1.54) is 12.1 Å². The third-order valence-corrected chi connectivity index (χ3v) is 9.02. The topological polar surface area (TPSA) is 158 Å². The molecule has 1 fully saturated rings. The molecule has 5 amide bonds. The molecule has 1 saturated heterocycles. The minimum absolute atomic E-state index is 0.0652. The summed E-state index contributed by atoms with van der Waals surface area (Å²) in [6, 6.07) is 9.96. The molecule has 12 nitrogen and oxygen atoms in total. The van der Waals surface area contributed by atoms with E-state index < -0.39 is 58.7 Å². The number of nitrogens with one attached hydrogen (secondary N) is 5. The number of amides is 5. The summed E-state index contributed by atoms with van der Waals surface area (Å²) in [5, 5.41) is 11.2. The second kappa shape index (κ2) is 17.6. The lowest BCUT2D eigenvalue weighted by Gasteiger charge is -2.27. The minimum atomic E-state index is -1.32. The zero-order valence-corrected chi connectivity index (χ0v) is 29.5. The minimum Gasteiger partial charge on any atom is -0.385 e. The van der Waals surface area contributed by atoms with Gasteiger partial charge >= 0.3 is 0 Å². The molecule has 0 spiro atoms. The van der Waals surface area contributed by atoms with Gasteiger partial charge in [-0.25, -0.2) is 18.7 Å². The fourth-order valence-corrected chi connectivity index (χ4v) is 6.15. The quantitative estimate of drug-likeness (QED) is 0.0537. The van der Waals surface area contributed by atoms with Crippen molar-refractivity contribution in [3.8, 4) is 0 Å². The van der Waals surface area contributed by atoms with Gasteiger partial charge in [-0.15, -0.1) is 0 Å². The fourth-order valence-electron chi connectivity index (χ4n) is 5.70. The second-order valence-electron chi connectivity index (χ2n) is 12.0. The van der Waals surface area contributed by atoms with Crippen molar-refractivity contribution in [1.82, 2.24) is 21.0 Å². The van der Waals surface area contributed by atoms with Crippen molar-refractivity contribution in [1.29, 1.82) is 0 Å². The van der Waals surface area contributed by atoms with Gasteiger partial charge in [-0.2, -0.15) is 0 Å². The van der Waals surface area contributed by atoms with Crippen molar-refractivity contribution < 1.29 is 42.0 Å². The molecule has 1 atom stereocenters. The van der Waals surface area contributed by atoms with Crippen LogP contribution in [0.4, 0.5) is 30.2 Å². The first-order valence-electron chi connectivity index (χ1n) is 16.5. The summed E-state index contributed by atoms with van der Waals surface area (Å²) in [6.45, 7) is 2.24. The smallest absolute Gasteiger partial charge is 0.277 e. The first-order chi connectivity index (χ1) is 24.5. The first kappa shape index (κ1) is 37.7. The van der Waals surface area contributed by atoms with Crippen molar-refractivity contribution in [2.24, 2.45) is 0 Å². The lowest BCUT2D eigenvalue weighted by atomic mass is 10.0. The summed E-state index contributed by atoms with van der Waals surface area (Å²) < 4.78 is 43.4. The molecule has 3 aromatic carbocycles. The molecular formula is C35H36F3IN6O6. The molecule has 16 heteroatoms. The van der Waals surface area contributed by atoms with Crippen LogP contribution in [0.1, 0.15) is 76.0 Å².